The van der Waals surface area contributed by atoms with Gasteiger partial charge in [0, 0.05) is 32.0 Å². The van der Waals surface area contributed by atoms with Crippen molar-refractivity contribution in [2.75, 3.05) is 7.05 Å². The summed E-state index contributed by atoms with van der Waals surface area (Å²) in [7, 11) is 1.81. The van der Waals surface area contributed by atoms with E-state index in [0.29, 0.717) is 43.1 Å². The minimum absolute atomic E-state index is 0.0813. The molecule has 0 saturated heterocycles. The van der Waals surface area contributed by atoms with Gasteiger partial charge < -0.3 is 9.42 Å². The molecule has 0 fully saturated rings. The standard InChI is InChI=1S/C22H24FN3O2/c1-3-16-7-9-17(10-8-16)15-26(2)21(27)6-4-5-20-24-22(25-28-20)18-11-13-19(23)14-12-18/h7-14H,3-6,15H2,1-2H3. The van der Waals surface area contributed by atoms with Crippen LogP contribution in [0.3, 0.4) is 0 Å². The Kier molecular flexibility index (Phi) is 6.53. The van der Waals surface area contributed by atoms with Gasteiger partial charge in [-0.05, 0) is 48.2 Å². The number of carbonyl (C=O) groups is 1. The average Bonchev–Trinajstić information content (AvgIpc) is 3.18. The molecule has 0 radical (unpaired) electrons. The fourth-order valence-corrected chi connectivity index (χ4v) is 2.90. The molecule has 146 valence electrons. The zero-order valence-electron chi connectivity index (χ0n) is 16.2. The van der Waals surface area contributed by atoms with Gasteiger partial charge in [-0.1, -0.05) is 36.3 Å². The first-order chi connectivity index (χ1) is 13.5. The molecule has 0 aliphatic heterocycles. The Hall–Kier alpha value is -3.02. The largest absolute Gasteiger partial charge is 0.341 e. The monoisotopic (exact) mass is 381 g/mol. The van der Waals surface area contributed by atoms with Crippen LogP contribution in [0, 0.1) is 5.82 Å². The van der Waals surface area contributed by atoms with Crippen LogP contribution in [0.5, 0.6) is 0 Å². The van der Waals surface area contributed by atoms with Gasteiger partial charge in [0.2, 0.25) is 17.6 Å². The lowest BCUT2D eigenvalue weighted by Gasteiger charge is -2.17. The zero-order chi connectivity index (χ0) is 19.9. The maximum Gasteiger partial charge on any atom is 0.226 e. The predicted octanol–water partition coefficient (Wildman–Crippen LogP) is 4.42. The van der Waals surface area contributed by atoms with Crippen LogP contribution in [0.1, 0.15) is 36.8 Å². The predicted molar refractivity (Wildman–Crippen MR) is 105 cm³/mol. The normalized spacial score (nSPS) is 10.8. The molecule has 0 aliphatic carbocycles. The van der Waals surface area contributed by atoms with Crippen LogP contribution in [0.15, 0.2) is 53.1 Å². The number of carbonyl (C=O) groups excluding carboxylic acids is 1. The molecular formula is C22H24FN3O2. The highest BCUT2D eigenvalue weighted by atomic mass is 19.1. The Morgan fingerprint density at radius 2 is 1.75 bits per heavy atom. The third-order valence-electron chi connectivity index (χ3n) is 4.63. The Morgan fingerprint density at radius 3 is 2.43 bits per heavy atom. The smallest absolute Gasteiger partial charge is 0.226 e. The van der Waals surface area contributed by atoms with Gasteiger partial charge in [-0.15, -0.1) is 0 Å². The zero-order valence-corrected chi connectivity index (χ0v) is 16.2. The summed E-state index contributed by atoms with van der Waals surface area (Å²) in [4.78, 5) is 18.4. The van der Waals surface area contributed by atoms with Gasteiger partial charge in [0.1, 0.15) is 5.82 Å². The van der Waals surface area contributed by atoms with Gasteiger partial charge in [0.05, 0.1) is 0 Å². The summed E-state index contributed by atoms with van der Waals surface area (Å²) >= 11 is 0. The number of hydrogen-bond acceptors (Lipinski definition) is 4. The van der Waals surface area contributed by atoms with E-state index in [1.54, 1.807) is 17.0 Å². The minimum atomic E-state index is -0.309. The Labute approximate surface area is 164 Å². The first-order valence-electron chi connectivity index (χ1n) is 9.45. The summed E-state index contributed by atoms with van der Waals surface area (Å²) in [6.07, 6.45) is 2.58. The van der Waals surface area contributed by atoms with Crippen molar-refractivity contribution < 1.29 is 13.7 Å². The van der Waals surface area contributed by atoms with Crippen molar-refractivity contribution >= 4 is 5.91 Å². The van der Waals surface area contributed by atoms with Crippen LogP contribution in [-0.4, -0.2) is 28.0 Å². The Morgan fingerprint density at radius 1 is 1.07 bits per heavy atom. The molecule has 0 saturated carbocycles. The SMILES string of the molecule is CCc1ccc(CN(C)C(=O)CCCc2nc(-c3ccc(F)cc3)no2)cc1. The van der Waals surface area contributed by atoms with Crippen molar-refractivity contribution in [1.29, 1.82) is 0 Å². The number of aryl methyl sites for hydroxylation is 2. The van der Waals surface area contributed by atoms with Crippen LogP contribution < -0.4 is 0 Å². The lowest BCUT2D eigenvalue weighted by atomic mass is 10.1. The van der Waals surface area contributed by atoms with Crippen LogP contribution in [0.25, 0.3) is 11.4 Å². The second-order valence-corrected chi connectivity index (χ2v) is 6.79. The topological polar surface area (TPSA) is 59.2 Å². The summed E-state index contributed by atoms with van der Waals surface area (Å²) in [5, 5.41) is 3.91. The van der Waals surface area contributed by atoms with Crippen molar-refractivity contribution in [2.45, 2.75) is 39.2 Å². The molecule has 0 atom stereocenters. The fraction of sp³-hybridized carbons (Fsp3) is 0.318. The number of aromatic nitrogens is 2. The van der Waals surface area contributed by atoms with E-state index < -0.39 is 0 Å². The molecule has 0 aliphatic rings. The lowest BCUT2D eigenvalue weighted by molar-refractivity contribution is -0.130. The van der Waals surface area contributed by atoms with Crippen LogP contribution in [-0.2, 0) is 24.2 Å². The minimum Gasteiger partial charge on any atom is -0.341 e. The molecule has 0 spiro atoms. The van der Waals surface area contributed by atoms with E-state index in [2.05, 4.69) is 41.3 Å². The van der Waals surface area contributed by atoms with Gasteiger partial charge in [0.15, 0.2) is 0 Å². The van der Waals surface area contributed by atoms with E-state index >= 15 is 0 Å². The summed E-state index contributed by atoms with van der Waals surface area (Å²) in [5.41, 5.74) is 3.10. The Bertz CT molecular complexity index is 904. The quantitative estimate of drug-likeness (QED) is 0.580. The summed E-state index contributed by atoms with van der Waals surface area (Å²) in [6, 6.07) is 14.3. The fourth-order valence-electron chi connectivity index (χ4n) is 2.90. The van der Waals surface area contributed by atoms with Gasteiger partial charge in [0.25, 0.3) is 0 Å². The summed E-state index contributed by atoms with van der Waals surface area (Å²) < 4.78 is 18.2. The number of halogens is 1. The molecule has 6 heteroatoms. The number of benzene rings is 2. The molecule has 2 aromatic carbocycles. The summed E-state index contributed by atoms with van der Waals surface area (Å²) in [6.45, 7) is 2.72. The number of nitrogens with zero attached hydrogens (tertiary/aromatic N) is 3. The molecule has 1 aromatic heterocycles. The molecule has 1 amide bonds. The van der Waals surface area contributed by atoms with Gasteiger partial charge in [-0.2, -0.15) is 4.98 Å². The highest BCUT2D eigenvalue weighted by Gasteiger charge is 2.12. The average molecular weight is 381 g/mol. The van der Waals surface area contributed by atoms with Crippen molar-refractivity contribution in [3.63, 3.8) is 0 Å². The number of rotatable bonds is 8. The second-order valence-electron chi connectivity index (χ2n) is 6.79. The van der Waals surface area contributed by atoms with E-state index in [4.69, 9.17) is 4.52 Å². The molecule has 3 rings (SSSR count). The first-order valence-corrected chi connectivity index (χ1v) is 9.45. The molecule has 0 bridgehead atoms. The van der Waals surface area contributed by atoms with Crippen molar-refractivity contribution in [2.24, 2.45) is 0 Å². The highest BCUT2D eigenvalue weighted by molar-refractivity contribution is 5.75. The van der Waals surface area contributed by atoms with E-state index in [9.17, 15) is 9.18 Å². The molecule has 3 aromatic rings. The molecule has 0 N–H and O–H groups in total. The van der Waals surface area contributed by atoms with Gasteiger partial charge in [-0.25, -0.2) is 4.39 Å². The number of hydrogen-bond donors (Lipinski definition) is 0. The van der Waals surface area contributed by atoms with Crippen molar-refractivity contribution in [3.8, 4) is 11.4 Å². The van der Waals surface area contributed by atoms with Gasteiger partial charge >= 0.3 is 0 Å². The van der Waals surface area contributed by atoms with Crippen LogP contribution >= 0.6 is 0 Å². The van der Waals surface area contributed by atoms with E-state index in [1.165, 1.54) is 17.7 Å². The van der Waals surface area contributed by atoms with Crippen LogP contribution in [0.2, 0.25) is 0 Å². The third-order valence-corrected chi connectivity index (χ3v) is 4.63. The Balaban J connectivity index is 1.46. The highest BCUT2D eigenvalue weighted by Crippen LogP contribution is 2.17. The summed E-state index contributed by atoms with van der Waals surface area (Å²) in [5.74, 6) is 0.674. The molecular weight excluding hydrogens is 357 g/mol. The maximum absolute atomic E-state index is 13.0. The molecule has 1 heterocycles. The van der Waals surface area contributed by atoms with Crippen molar-refractivity contribution in [3.05, 3.63) is 71.4 Å². The number of amides is 1. The van der Waals surface area contributed by atoms with E-state index in [0.717, 1.165) is 12.0 Å². The molecule has 28 heavy (non-hydrogen) atoms. The molecule has 5 nitrogen and oxygen atoms in total. The second kappa shape index (κ2) is 9.26. The van der Waals surface area contributed by atoms with E-state index in [1.807, 2.05) is 7.05 Å². The lowest BCUT2D eigenvalue weighted by Crippen LogP contribution is -2.26. The van der Waals surface area contributed by atoms with Crippen molar-refractivity contribution in [1.82, 2.24) is 15.0 Å². The van der Waals surface area contributed by atoms with E-state index in [-0.39, 0.29) is 11.7 Å². The van der Waals surface area contributed by atoms with Crippen LogP contribution in [0.4, 0.5) is 4.39 Å². The maximum atomic E-state index is 13.0. The molecule has 0 unspecified atom stereocenters. The van der Waals surface area contributed by atoms with Gasteiger partial charge in [-0.3, -0.25) is 4.79 Å². The third kappa shape index (κ3) is 5.25. The first kappa shape index (κ1) is 19.7.